The highest BCUT2D eigenvalue weighted by atomic mass is 19.1. The van der Waals surface area contributed by atoms with Crippen LogP contribution < -0.4 is 10.6 Å². The summed E-state index contributed by atoms with van der Waals surface area (Å²) in [4.78, 5) is 13.8. The van der Waals surface area contributed by atoms with Gasteiger partial charge in [-0.15, -0.1) is 0 Å². The van der Waals surface area contributed by atoms with Gasteiger partial charge >= 0.3 is 0 Å². The maximum absolute atomic E-state index is 14.4. The fourth-order valence-corrected chi connectivity index (χ4v) is 4.86. The molecular formula is C24H30F2N6O2. The van der Waals surface area contributed by atoms with Crippen LogP contribution in [-0.4, -0.2) is 51.5 Å². The van der Waals surface area contributed by atoms with Crippen LogP contribution in [0.1, 0.15) is 51.5 Å². The molecule has 2 aliphatic rings. The van der Waals surface area contributed by atoms with Crippen LogP contribution in [0.2, 0.25) is 0 Å². The number of hydrogen-bond acceptors (Lipinski definition) is 7. The van der Waals surface area contributed by atoms with E-state index < -0.39 is 11.6 Å². The highest BCUT2D eigenvalue weighted by Gasteiger charge is 2.26. The molecule has 10 heteroatoms. The van der Waals surface area contributed by atoms with E-state index in [4.69, 9.17) is 14.5 Å². The van der Waals surface area contributed by atoms with Crippen molar-refractivity contribution in [2.24, 2.45) is 0 Å². The number of para-hydroxylation sites is 1. The van der Waals surface area contributed by atoms with Gasteiger partial charge in [0.05, 0.1) is 12.3 Å². The lowest BCUT2D eigenvalue weighted by Crippen LogP contribution is -2.30. The standard InChI is InChI=1S/C24H30F2N6O2/c1-2-34-17-8-6-15(7-9-17)28-23-27-14-20-22(31-23)32(16-10-12-33-13-11-16)24(29-20)30-21-18(25)4-3-5-19(21)26/h3-5,14-17H,2,6-13H2,1H3,(H,29,30)(H,27,28,31)/t15-,17-. The van der Waals surface area contributed by atoms with E-state index in [1.165, 1.54) is 18.2 Å². The van der Waals surface area contributed by atoms with E-state index in [2.05, 4.69) is 20.6 Å². The number of nitrogens with zero attached hydrogens (tertiary/aromatic N) is 4. The quantitative estimate of drug-likeness (QED) is 0.503. The lowest BCUT2D eigenvalue weighted by atomic mass is 9.93. The number of aromatic nitrogens is 4. The number of fused-ring (bicyclic) bond motifs is 1. The fraction of sp³-hybridized carbons (Fsp3) is 0.542. The molecule has 0 atom stereocenters. The van der Waals surface area contributed by atoms with Crippen molar-refractivity contribution in [3.63, 3.8) is 0 Å². The van der Waals surface area contributed by atoms with E-state index in [0.717, 1.165) is 45.1 Å². The summed E-state index contributed by atoms with van der Waals surface area (Å²) >= 11 is 0. The fourth-order valence-electron chi connectivity index (χ4n) is 4.86. The van der Waals surface area contributed by atoms with Crippen molar-refractivity contribution in [1.29, 1.82) is 0 Å². The predicted molar refractivity (Wildman–Crippen MR) is 125 cm³/mol. The lowest BCUT2D eigenvalue weighted by molar-refractivity contribution is 0.0346. The normalized spacial score (nSPS) is 21.6. The molecule has 0 radical (unpaired) electrons. The molecule has 0 amide bonds. The van der Waals surface area contributed by atoms with E-state index in [1.807, 2.05) is 11.5 Å². The number of nitrogens with one attached hydrogen (secondary N) is 2. The molecular weight excluding hydrogens is 442 g/mol. The van der Waals surface area contributed by atoms with Crippen molar-refractivity contribution < 1.29 is 18.3 Å². The third kappa shape index (κ3) is 4.83. The molecule has 5 rings (SSSR count). The van der Waals surface area contributed by atoms with Crippen LogP contribution in [0.5, 0.6) is 0 Å². The first kappa shape index (κ1) is 22.9. The summed E-state index contributed by atoms with van der Waals surface area (Å²) in [6, 6.07) is 4.09. The van der Waals surface area contributed by atoms with Gasteiger partial charge in [-0.2, -0.15) is 4.98 Å². The minimum atomic E-state index is -0.679. The molecule has 3 heterocycles. The summed E-state index contributed by atoms with van der Waals surface area (Å²) in [6.07, 6.45) is 7.51. The highest BCUT2D eigenvalue weighted by Crippen LogP contribution is 2.33. The molecule has 1 saturated carbocycles. The van der Waals surface area contributed by atoms with Crippen molar-refractivity contribution in [1.82, 2.24) is 19.5 Å². The molecule has 2 aromatic heterocycles. The molecule has 8 nitrogen and oxygen atoms in total. The van der Waals surface area contributed by atoms with E-state index in [9.17, 15) is 8.78 Å². The average molecular weight is 473 g/mol. The minimum Gasteiger partial charge on any atom is -0.381 e. The highest BCUT2D eigenvalue weighted by molar-refractivity contribution is 5.76. The van der Waals surface area contributed by atoms with Crippen molar-refractivity contribution in [2.75, 3.05) is 30.5 Å². The maximum atomic E-state index is 14.4. The number of anilines is 3. The molecule has 1 aromatic carbocycles. The number of ether oxygens (including phenoxy) is 2. The second-order valence-electron chi connectivity index (χ2n) is 8.85. The molecule has 1 aliphatic carbocycles. The molecule has 0 unspecified atom stereocenters. The van der Waals surface area contributed by atoms with Crippen LogP contribution in [0, 0.1) is 11.6 Å². The van der Waals surface area contributed by atoms with Gasteiger partial charge in [0.1, 0.15) is 22.8 Å². The Morgan fingerprint density at radius 3 is 2.50 bits per heavy atom. The van der Waals surface area contributed by atoms with E-state index in [0.29, 0.717) is 42.4 Å². The Morgan fingerprint density at radius 2 is 1.79 bits per heavy atom. The van der Waals surface area contributed by atoms with Crippen LogP contribution in [-0.2, 0) is 9.47 Å². The Bertz CT molecular complexity index is 1110. The van der Waals surface area contributed by atoms with E-state index in [-0.39, 0.29) is 17.8 Å². The number of rotatable bonds is 7. The van der Waals surface area contributed by atoms with Gasteiger partial charge in [0.25, 0.3) is 0 Å². The minimum absolute atomic E-state index is 0.0421. The van der Waals surface area contributed by atoms with Gasteiger partial charge in [0, 0.05) is 31.9 Å². The van der Waals surface area contributed by atoms with Crippen LogP contribution >= 0.6 is 0 Å². The number of benzene rings is 1. The first-order valence-electron chi connectivity index (χ1n) is 12.0. The zero-order valence-electron chi connectivity index (χ0n) is 19.3. The van der Waals surface area contributed by atoms with E-state index >= 15 is 0 Å². The van der Waals surface area contributed by atoms with Gasteiger partial charge in [-0.1, -0.05) is 6.07 Å². The van der Waals surface area contributed by atoms with Gasteiger partial charge in [-0.25, -0.2) is 18.7 Å². The average Bonchev–Trinajstić information content (AvgIpc) is 3.21. The molecule has 1 aliphatic heterocycles. The third-order valence-corrected chi connectivity index (χ3v) is 6.60. The summed E-state index contributed by atoms with van der Waals surface area (Å²) in [5, 5.41) is 6.33. The van der Waals surface area contributed by atoms with E-state index in [1.54, 1.807) is 6.20 Å². The number of imidazole rings is 1. The second kappa shape index (κ2) is 10.2. The Labute approximate surface area is 197 Å². The summed E-state index contributed by atoms with van der Waals surface area (Å²) < 4.78 is 41.9. The monoisotopic (exact) mass is 472 g/mol. The van der Waals surface area contributed by atoms with Gasteiger partial charge in [0.15, 0.2) is 5.65 Å². The largest absolute Gasteiger partial charge is 0.381 e. The maximum Gasteiger partial charge on any atom is 0.224 e. The van der Waals surface area contributed by atoms with Crippen LogP contribution in [0.25, 0.3) is 11.2 Å². The first-order chi connectivity index (χ1) is 16.6. The van der Waals surface area contributed by atoms with Gasteiger partial charge in [0.2, 0.25) is 11.9 Å². The molecule has 2 N–H and O–H groups in total. The van der Waals surface area contributed by atoms with Gasteiger partial charge in [-0.05, 0) is 57.6 Å². The molecule has 2 fully saturated rings. The van der Waals surface area contributed by atoms with Gasteiger partial charge in [-0.3, -0.25) is 4.57 Å². The molecule has 3 aromatic rings. The van der Waals surface area contributed by atoms with Crippen molar-refractivity contribution in [3.05, 3.63) is 36.0 Å². The smallest absolute Gasteiger partial charge is 0.224 e. The number of halogens is 2. The van der Waals surface area contributed by atoms with Crippen molar-refractivity contribution in [2.45, 2.75) is 63.6 Å². The van der Waals surface area contributed by atoms with Crippen molar-refractivity contribution >= 4 is 28.7 Å². The predicted octanol–water partition coefficient (Wildman–Crippen LogP) is 4.96. The molecule has 0 bridgehead atoms. The Morgan fingerprint density at radius 1 is 1.06 bits per heavy atom. The van der Waals surface area contributed by atoms with Crippen molar-refractivity contribution in [3.8, 4) is 0 Å². The molecule has 182 valence electrons. The molecule has 0 spiro atoms. The van der Waals surface area contributed by atoms with Crippen LogP contribution in [0.4, 0.5) is 26.4 Å². The number of hydrogen-bond donors (Lipinski definition) is 2. The Balaban J connectivity index is 1.44. The molecule has 1 saturated heterocycles. The zero-order chi connectivity index (χ0) is 23.5. The lowest BCUT2D eigenvalue weighted by Gasteiger charge is -2.29. The summed E-state index contributed by atoms with van der Waals surface area (Å²) in [7, 11) is 0. The zero-order valence-corrected chi connectivity index (χ0v) is 19.3. The second-order valence-corrected chi connectivity index (χ2v) is 8.85. The molecule has 34 heavy (non-hydrogen) atoms. The Hall–Kier alpha value is -2.85. The SMILES string of the molecule is CCO[C@H]1CC[C@H](Nc2ncc3nc(Nc4c(F)cccc4F)n(C4CCOCC4)c3n2)CC1. The van der Waals surface area contributed by atoms with Crippen LogP contribution in [0.3, 0.4) is 0 Å². The Kier molecular flexibility index (Phi) is 6.87. The van der Waals surface area contributed by atoms with Gasteiger partial charge < -0.3 is 20.1 Å². The van der Waals surface area contributed by atoms with Crippen LogP contribution in [0.15, 0.2) is 24.4 Å². The summed E-state index contributed by atoms with van der Waals surface area (Å²) in [6.45, 7) is 3.98. The summed E-state index contributed by atoms with van der Waals surface area (Å²) in [5.74, 6) is -0.484. The third-order valence-electron chi connectivity index (χ3n) is 6.60. The summed E-state index contributed by atoms with van der Waals surface area (Å²) in [5.41, 5.74) is 0.964. The first-order valence-corrected chi connectivity index (χ1v) is 12.0. The topological polar surface area (TPSA) is 86.1 Å².